The van der Waals surface area contributed by atoms with Crippen LogP contribution in [0.3, 0.4) is 0 Å². The second-order valence-electron chi connectivity index (χ2n) is 12.8. The van der Waals surface area contributed by atoms with Crippen molar-refractivity contribution in [2.45, 2.75) is 69.6 Å². The maximum absolute atomic E-state index is 13.4. The summed E-state index contributed by atoms with van der Waals surface area (Å²) in [5.74, 6) is -0.909. The van der Waals surface area contributed by atoms with Crippen LogP contribution in [0.25, 0.3) is 0 Å². The van der Waals surface area contributed by atoms with E-state index in [0.717, 1.165) is 15.9 Å². The number of rotatable bonds is 10. The van der Waals surface area contributed by atoms with Crippen molar-refractivity contribution in [3.63, 3.8) is 0 Å². The molecule has 1 amide bonds. The molecular formula is C38H43NO6Si. The van der Waals surface area contributed by atoms with E-state index in [-0.39, 0.29) is 17.6 Å². The molecule has 0 bridgehead atoms. The number of amides is 1. The highest BCUT2D eigenvalue weighted by atomic mass is 28.4. The zero-order chi connectivity index (χ0) is 32.7. The van der Waals surface area contributed by atoms with Gasteiger partial charge < -0.3 is 24.3 Å². The Labute approximate surface area is 272 Å². The lowest BCUT2D eigenvalue weighted by Gasteiger charge is -2.47. The number of ether oxygens (including phenoxy) is 2. The third-order valence-corrected chi connectivity index (χ3v) is 13.6. The van der Waals surface area contributed by atoms with Crippen LogP contribution in [0, 0.1) is 0 Å². The molecule has 4 aromatic carbocycles. The molecule has 1 aliphatic rings. The highest BCUT2D eigenvalue weighted by Gasteiger charge is 2.53. The minimum atomic E-state index is -2.98. The monoisotopic (exact) mass is 637 g/mol. The summed E-state index contributed by atoms with van der Waals surface area (Å²) in [7, 11) is -2.98. The molecule has 1 fully saturated rings. The average Bonchev–Trinajstić information content (AvgIpc) is 3.06. The molecule has 0 aromatic heterocycles. The fourth-order valence-electron chi connectivity index (χ4n) is 6.47. The van der Waals surface area contributed by atoms with E-state index in [1.807, 2.05) is 72.8 Å². The van der Waals surface area contributed by atoms with E-state index in [1.54, 1.807) is 24.3 Å². The molecule has 5 rings (SSSR count). The van der Waals surface area contributed by atoms with Crippen LogP contribution in [0.2, 0.25) is 5.04 Å². The number of aliphatic hydroxyl groups is 1. The largest absolute Gasteiger partial charge is 0.454 e. The molecule has 0 aliphatic carbocycles. The Bertz CT molecular complexity index is 1520. The fraction of sp³-hybridized carbons (Fsp3) is 0.316. The lowest BCUT2D eigenvalue weighted by molar-refractivity contribution is -0.194. The molecule has 4 aromatic rings. The van der Waals surface area contributed by atoms with Crippen molar-refractivity contribution in [2.75, 3.05) is 6.61 Å². The van der Waals surface area contributed by atoms with Gasteiger partial charge in [0.1, 0.15) is 12.2 Å². The molecule has 1 heterocycles. The van der Waals surface area contributed by atoms with Crippen LogP contribution in [0.5, 0.6) is 0 Å². The molecule has 1 aliphatic heterocycles. The third kappa shape index (κ3) is 7.31. The van der Waals surface area contributed by atoms with Gasteiger partial charge in [-0.1, -0.05) is 130 Å². The summed E-state index contributed by atoms with van der Waals surface area (Å²) < 4.78 is 19.9. The number of hydrogen-bond acceptors (Lipinski definition) is 6. The molecule has 0 saturated carbocycles. The number of hydrogen-bond donors (Lipinski definition) is 2. The van der Waals surface area contributed by atoms with E-state index in [2.05, 4.69) is 50.4 Å². The SMILES string of the molecule is CC(=O)NC1[C@H](Cc2ccccc2)OC(CO[Si](c2ccccc2)(c2ccccc2)C(C)(C)C)[C@@H](O)[C@@H]1OC(=O)c1ccccc1. The molecule has 240 valence electrons. The summed E-state index contributed by atoms with van der Waals surface area (Å²) in [5, 5.41) is 16.7. The normalized spacial score (nSPS) is 21.7. The predicted molar refractivity (Wildman–Crippen MR) is 182 cm³/mol. The topological polar surface area (TPSA) is 94.1 Å². The first-order valence-corrected chi connectivity index (χ1v) is 17.7. The quantitative estimate of drug-likeness (QED) is 0.194. The van der Waals surface area contributed by atoms with Gasteiger partial charge in [0.15, 0.2) is 6.10 Å². The van der Waals surface area contributed by atoms with Crippen molar-refractivity contribution in [1.82, 2.24) is 5.32 Å². The van der Waals surface area contributed by atoms with Crippen LogP contribution < -0.4 is 15.7 Å². The molecule has 1 saturated heterocycles. The predicted octanol–water partition coefficient (Wildman–Crippen LogP) is 4.66. The Balaban J connectivity index is 1.53. The summed E-state index contributed by atoms with van der Waals surface area (Å²) >= 11 is 0. The maximum atomic E-state index is 13.4. The summed E-state index contributed by atoms with van der Waals surface area (Å²) in [6, 6.07) is 38.1. The van der Waals surface area contributed by atoms with E-state index in [0.29, 0.717) is 12.0 Å². The van der Waals surface area contributed by atoms with Gasteiger partial charge in [-0.3, -0.25) is 4.79 Å². The first kappa shape index (κ1) is 33.3. The molecule has 7 nitrogen and oxygen atoms in total. The van der Waals surface area contributed by atoms with Crippen LogP contribution in [-0.2, 0) is 25.1 Å². The van der Waals surface area contributed by atoms with Crippen molar-refractivity contribution in [3.05, 3.63) is 132 Å². The van der Waals surface area contributed by atoms with E-state index in [1.165, 1.54) is 6.92 Å². The molecule has 2 unspecified atom stereocenters. The number of esters is 1. The minimum absolute atomic E-state index is 0.0475. The van der Waals surface area contributed by atoms with Gasteiger partial charge in [0.2, 0.25) is 5.91 Å². The first-order chi connectivity index (χ1) is 22.1. The van der Waals surface area contributed by atoms with Gasteiger partial charge in [0.25, 0.3) is 8.32 Å². The average molecular weight is 638 g/mol. The fourth-order valence-corrected chi connectivity index (χ4v) is 11.0. The van der Waals surface area contributed by atoms with E-state index >= 15 is 0 Å². The highest BCUT2D eigenvalue weighted by Crippen LogP contribution is 2.38. The smallest absolute Gasteiger partial charge is 0.338 e. The number of aliphatic hydroxyl groups excluding tert-OH is 1. The lowest BCUT2D eigenvalue weighted by Crippen LogP contribution is -2.69. The second-order valence-corrected chi connectivity index (χ2v) is 17.1. The maximum Gasteiger partial charge on any atom is 0.338 e. The van der Waals surface area contributed by atoms with Crippen LogP contribution in [0.4, 0.5) is 0 Å². The third-order valence-electron chi connectivity index (χ3n) is 8.60. The summed E-state index contributed by atoms with van der Waals surface area (Å²) in [5.41, 5.74) is 1.33. The Hall–Kier alpha value is -4.08. The number of benzene rings is 4. The Morgan fingerprint density at radius 1 is 0.783 bits per heavy atom. The molecule has 5 atom stereocenters. The summed E-state index contributed by atoms with van der Waals surface area (Å²) in [6.07, 6.45) is -3.42. The molecule has 2 N–H and O–H groups in total. The Morgan fingerprint density at radius 2 is 1.28 bits per heavy atom. The molecule has 0 spiro atoms. The number of nitrogens with one attached hydrogen (secondary N) is 1. The zero-order valence-corrected chi connectivity index (χ0v) is 27.8. The van der Waals surface area contributed by atoms with E-state index < -0.39 is 44.7 Å². The van der Waals surface area contributed by atoms with Crippen LogP contribution >= 0.6 is 0 Å². The van der Waals surface area contributed by atoms with Gasteiger partial charge in [-0.05, 0) is 33.1 Å². The van der Waals surface area contributed by atoms with Gasteiger partial charge >= 0.3 is 5.97 Å². The molecule has 0 radical (unpaired) electrons. The van der Waals surface area contributed by atoms with Crippen molar-refractivity contribution in [3.8, 4) is 0 Å². The molecular weight excluding hydrogens is 595 g/mol. The Kier molecular flexibility index (Phi) is 10.5. The van der Waals surface area contributed by atoms with E-state index in [4.69, 9.17) is 13.9 Å². The van der Waals surface area contributed by atoms with E-state index in [9.17, 15) is 14.7 Å². The van der Waals surface area contributed by atoms with Gasteiger partial charge in [0.05, 0.1) is 24.3 Å². The minimum Gasteiger partial charge on any atom is -0.454 e. The van der Waals surface area contributed by atoms with Crippen LogP contribution in [-0.4, -0.2) is 62.4 Å². The summed E-state index contributed by atoms with van der Waals surface area (Å²) in [6.45, 7) is 8.01. The van der Waals surface area contributed by atoms with Crippen LogP contribution in [0.1, 0.15) is 43.6 Å². The van der Waals surface area contributed by atoms with Gasteiger partial charge in [0, 0.05) is 13.3 Å². The second kappa shape index (κ2) is 14.6. The number of carbonyl (C=O) groups excluding carboxylic acids is 2. The zero-order valence-electron chi connectivity index (χ0n) is 26.8. The van der Waals surface area contributed by atoms with Crippen molar-refractivity contribution < 1.29 is 28.6 Å². The molecule has 8 heteroatoms. The van der Waals surface area contributed by atoms with Crippen molar-refractivity contribution in [2.24, 2.45) is 0 Å². The lowest BCUT2D eigenvalue weighted by atomic mass is 9.89. The first-order valence-electron chi connectivity index (χ1n) is 15.8. The van der Waals surface area contributed by atoms with Crippen LogP contribution in [0.15, 0.2) is 121 Å². The van der Waals surface area contributed by atoms with Gasteiger partial charge in [-0.15, -0.1) is 0 Å². The standard InChI is InChI=1S/C38H43NO6Si/c1-27(40)39-34-32(25-28-17-9-5-10-18-28)44-33(35(41)36(34)45-37(42)29-19-11-6-12-20-29)26-43-46(38(2,3)4,30-21-13-7-14-22-30)31-23-15-8-16-24-31/h5-24,32-36,41H,25-26H2,1-4H3,(H,39,40)/t32-,33?,34?,35+,36+/m0/s1. The molecule has 46 heavy (non-hydrogen) atoms. The number of carbonyl (C=O) groups is 2. The van der Waals surface area contributed by atoms with Gasteiger partial charge in [-0.25, -0.2) is 4.79 Å². The van der Waals surface area contributed by atoms with Gasteiger partial charge in [-0.2, -0.15) is 0 Å². The summed E-state index contributed by atoms with van der Waals surface area (Å²) in [4.78, 5) is 25.8. The van der Waals surface area contributed by atoms with Crippen molar-refractivity contribution >= 4 is 30.6 Å². The van der Waals surface area contributed by atoms with Crippen molar-refractivity contribution in [1.29, 1.82) is 0 Å². The Morgan fingerprint density at radius 3 is 1.78 bits per heavy atom. The highest BCUT2D eigenvalue weighted by molar-refractivity contribution is 6.99.